The van der Waals surface area contributed by atoms with Crippen LogP contribution in [-0.4, -0.2) is 10.9 Å². The first-order valence-electron chi connectivity index (χ1n) is 8.39. The van der Waals surface area contributed by atoms with E-state index in [4.69, 9.17) is 11.6 Å². The number of carbonyl (C=O) groups excluding carboxylic acids is 1. The van der Waals surface area contributed by atoms with Gasteiger partial charge in [-0.15, -0.1) is 0 Å². The third-order valence-corrected chi connectivity index (χ3v) is 4.33. The SMILES string of the molecule is Cc1ccc(CC(=O)Nc2ccc(NCc3ccccc3Cl)cn2)cc1. The van der Waals surface area contributed by atoms with Crippen LogP contribution in [0.15, 0.2) is 66.9 Å². The van der Waals surface area contributed by atoms with Crippen molar-refractivity contribution in [3.63, 3.8) is 0 Å². The Morgan fingerprint density at radius 1 is 1.04 bits per heavy atom. The molecule has 0 radical (unpaired) electrons. The Morgan fingerprint density at radius 3 is 2.50 bits per heavy atom. The van der Waals surface area contributed by atoms with E-state index >= 15 is 0 Å². The van der Waals surface area contributed by atoms with Crippen molar-refractivity contribution < 1.29 is 4.79 Å². The standard InChI is InChI=1S/C21H20ClN3O/c1-15-6-8-16(9-7-15)12-21(26)25-20-11-10-18(14-24-20)23-13-17-4-2-3-5-19(17)22/h2-11,14,23H,12-13H2,1H3,(H,24,25,26). The zero-order valence-electron chi connectivity index (χ0n) is 14.5. The first-order valence-corrected chi connectivity index (χ1v) is 8.77. The van der Waals surface area contributed by atoms with Gasteiger partial charge in [-0.25, -0.2) is 4.98 Å². The highest BCUT2D eigenvalue weighted by Crippen LogP contribution is 2.17. The molecule has 0 atom stereocenters. The first-order chi connectivity index (χ1) is 12.6. The van der Waals surface area contributed by atoms with Crippen LogP contribution in [0, 0.1) is 6.92 Å². The maximum atomic E-state index is 12.1. The van der Waals surface area contributed by atoms with Crippen molar-refractivity contribution in [3.05, 3.63) is 88.6 Å². The van der Waals surface area contributed by atoms with E-state index < -0.39 is 0 Å². The summed E-state index contributed by atoms with van der Waals surface area (Å²) >= 11 is 6.14. The second-order valence-corrected chi connectivity index (χ2v) is 6.49. The lowest BCUT2D eigenvalue weighted by Gasteiger charge is -2.09. The van der Waals surface area contributed by atoms with Crippen molar-refractivity contribution in [2.45, 2.75) is 19.9 Å². The predicted molar refractivity (Wildman–Crippen MR) is 107 cm³/mol. The Labute approximate surface area is 158 Å². The minimum atomic E-state index is -0.0851. The summed E-state index contributed by atoms with van der Waals surface area (Å²) in [4.78, 5) is 16.4. The molecule has 0 aliphatic heterocycles. The highest BCUT2D eigenvalue weighted by molar-refractivity contribution is 6.31. The largest absolute Gasteiger partial charge is 0.380 e. The molecule has 0 aliphatic rings. The third-order valence-electron chi connectivity index (χ3n) is 3.96. The molecular weight excluding hydrogens is 346 g/mol. The second-order valence-electron chi connectivity index (χ2n) is 6.09. The number of nitrogens with zero attached hydrogens (tertiary/aromatic N) is 1. The van der Waals surface area contributed by atoms with Gasteiger partial charge >= 0.3 is 0 Å². The molecule has 0 unspecified atom stereocenters. The number of nitrogens with one attached hydrogen (secondary N) is 2. The van der Waals surface area contributed by atoms with E-state index in [9.17, 15) is 4.79 Å². The van der Waals surface area contributed by atoms with Crippen molar-refractivity contribution in [2.75, 3.05) is 10.6 Å². The highest BCUT2D eigenvalue weighted by atomic mass is 35.5. The Bertz CT molecular complexity index is 877. The zero-order valence-corrected chi connectivity index (χ0v) is 15.3. The predicted octanol–water partition coefficient (Wildman–Crippen LogP) is 4.84. The lowest BCUT2D eigenvalue weighted by Crippen LogP contribution is -2.15. The smallest absolute Gasteiger partial charge is 0.229 e. The van der Waals surface area contributed by atoms with Gasteiger partial charge in [-0.2, -0.15) is 0 Å². The van der Waals surface area contributed by atoms with Crippen LogP contribution in [0.5, 0.6) is 0 Å². The molecule has 26 heavy (non-hydrogen) atoms. The molecule has 0 saturated carbocycles. The summed E-state index contributed by atoms with van der Waals surface area (Å²) < 4.78 is 0. The summed E-state index contributed by atoms with van der Waals surface area (Å²) in [5, 5.41) is 6.81. The monoisotopic (exact) mass is 365 g/mol. The van der Waals surface area contributed by atoms with Gasteiger partial charge in [-0.1, -0.05) is 59.6 Å². The minimum absolute atomic E-state index is 0.0851. The average molecular weight is 366 g/mol. The van der Waals surface area contributed by atoms with Crippen molar-refractivity contribution in [1.29, 1.82) is 0 Å². The number of pyridine rings is 1. The molecular formula is C21H20ClN3O. The summed E-state index contributed by atoms with van der Waals surface area (Å²) in [6.07, 6.45) is 2.02. The van der Waals surface area contributed by atoms with E-state index in [1.54, 1.807) is 12.3 Å². The fraction of sp³-hybridized carbons (Fsp3) is 0.143. The van der Waals surface area contributed by atoms with Gasteiger partial charge in [-0.05, 0) is 36.2 Å². The molecule has 2 N–H and O–H groups in total. The van der Waals surface area contributed by atoms with E-state index in [0.29, 0.717) is 18.8 Å². The summed E-state index contributed by atoms with van der Waals surface area (Å²) in [7, 11) is 0. The van der Waals surface area contributed by atoms with Crippen molar-refractivity contribution in [2.24, 2.45) is 0 Å². The highest BCUT2D eigenvalue weighted by Gasteiger charge is 2.05. The molecule has 4 nitrogen and oxygen atoms in total. The molecule has 2 aromatic carbocycles. The molecule has 0 saturated heterocycles. The van der Waals surface area contributed by atoms with E-state index in [0.717, 1.165) is 21.8 Å². The number of hydrogen-bond donors (Lipinski definition) is 2. The lowest BCUT2D eigenvalue weighted by molar-refractivity contribution is -0.115. The van der Waals surface area contributed by atoms with Crippen LogP contribution in [0.2, 0.25) is 5.02 Å². The van der Waals surface area contributed by atoms with Gasteiger partial charge in [0.25, 0.3) is 0 Å². The molecule has 3 aromatic rings. The van der Waals surface area contributed by atoms with Gasteiger partial charge < -0.3 is 10.6 Å². The van der Waals surface area contributed by atoms with Gasteiger partial charge in [-0.3, -0.25) is 4.79 Å². The molecule has 1 heterocycles. The van der Waals surface area contributed by atoms with Crippen molar-refractivity contribution in [3.8, 4) is 0 Å². The minimum Gasteiger partial charge on any atom is -0.380 e. The Kier molecular flexibility index (Phi) is 5.87. The van der Waals surface area contributed by atoms with Gasteiger partial charge in [0, 0.05) is 11.6 Å². The Morgan fingerprint density at radius 2 is 1.81 bits per heavy atom. The molecule has 132 valence electrons. The van der Waals surface area contributed by atoms with Gasteiger partial charge in [0.1, 0.15) is 5.82 Å². The Hall–Kier alpha value is -2.85. The number of anilines is 2. The van der Waals surface area contributed by atoms with Crippen molar-refractivity contribution >= 4 is 29.0 Å². The molecule has 5 heteroatoms. The summed E-state index contributed by atoms with van der Waals surface area (Å²) in [6, 6.07) is 19.3. The van der Waals surface area contributed by atoms with E-state index in [2.05, 4.69) is 15.6 Å². The maximum absolute atomic E-state index is 12.1. The third kappa shape index (κ3) is 5.07. The average Bonchev–Trinajstić information content (AvgIpc) is 2.64. The number of aryl methyl sites for hydroxylation is 1. The quantitative estimate of drug-likeness (QED) is 0.657. The summed E-state index contributed by atoms with van der Waals surface area (Å²) in [5.74, 6) is 0.448. The summed E-state index contributed by atoms with van der Waals surface area (Å²) in [5.41, 5.74) is 4.04. The van der Waals surface area contributed by atoms with Gasteiger partial charge in [0.05, 0.1) is 18.3 Å². The number of amides is 1. The molecule has 0 fully saturated rings. The fourth-order valence-corrected chi connectivity index (χ4v) is 2.69. The lowest BCUT2D eigenvalue weighted by atomic mass is 10.1. The van der Waals surface area contributed by atoms with Crippen LogP contribution in [0.1, 0.15) is 16.7 Å². The van der Waals surface area contributed by atoms with Crippen LogP contribution in [0.3, 0.4) is 0 Å². The molecule has 0 aliphatic carbocycles. The topological polar surface area (TPSA) is 54.0 Å². The van der Waals surface area contributed by atoms with Gasteiger partial charge in [0.15, 0.2) is 0 Å². The maximum Gasteiger partial charge on any atom is 0.229 e. The second kappa shape index (κ2) is 8.50. The number of hydrogen-bond acceptors (Lipinski definition) is 3. The first kappa shape index (κ1) is 18.0. The van der Waals surface area contributed by atoms with Crippen molar-refractivity contribution in [1.82, 2.24) is 4.98 Å². The molecule has 1 aromatic heterocycles. The number of aromatic nitrogens is 1. The van der Waals surface area contributed by atoms with Crippen LogP contribution in [0.25, 0.3) is 0 Å². The molecule has 3 rings (SSSR count). The van der Waals surface area contributed by atoms with Gasteiger partial charge in [0.2, 0.25) is 5.91 Å². The molecule has 1 amide bonds. The van der Waals surface area contributed by atoms with Crippen LogP contribution in [0.4, 0.5) is 11.5 Å². The molecule has 0 bridgehead atoms. The van der Waals surface area contributed by atoms with Crippen LogP contribution >= 0.6 is 11.6 Å². The summed E-state index contributed by atoms with van der Waals surface area (Å²) in [6.45, 7) is 2.63. The number of halogens is 1. The number of benzene rings is 2. The van der Waals surface area contributed by atoms with Crippen LogP contribution in [-0.2, 0) is 17.8 Å². The number of rotatable bonds is 6. The Balaban J connectivity index is 1.53. The zero-order chi connectivity index (χ0) is 18.4. The fourth-order valence-electron chi connectivity index (χ4n) is 2.49. The molecule has 0 spiro atoms. The van der Waals surface area contributed by atoms with E-state index in [1.165, 1.54) is 5.56 Å². The normalized spacial score (nSPS) is 10.4. The number of carbonyl (C=O) groups is 1. The van der Waals surface area contributed by atoms with Crippen LogP contribution < -0.4 is 10.6 Å². The van der Waals surface area contributed by atoms with E-state index in [1.807, 2.05) is 61.5 Å². The van der Waals surface area contributed by atoms with E-state index in [-0.39, 0.29) is 5.91 Å².